The Labute approximate surface area is 250 Å². The van der Waals surface area contributed by atoms with Crippen LogP contribution in [0.1, 0.15) is 44.2 Å². The van der Waals surface area contributed by atoms with E-state index in [1.807, 2.05) is 0 Å². The van der Waals surface area contributed by atoms with Gasteiger partial charge in [-0.3, -0.25) is 0 Å². The van der Waals surface area contributed by atoms with Crippen molar-refractivity contribution in [3.63, 3.8) is 0 Å². The summed E-state index contributed by atoms with van der Waals surface area (Å²) in [5.74, 6) is 0. The van der Waals surface area contributed by atoms with Crippen molar-refractivity contribution in [1.82, 2.24) is 0 Å². The molecule has 2 aliphatic rings. The lowest BCUT2D eigenvalue weighted by Gasteiger charge is -2.19. The highest BCUT2D eigenvalue weighted by Crippen LogP contribution is 2.63. The molecule has 1 aromatic carbocycles. The number of hydrogen-bond acceptors (Lipinski definition) is 4. The molecule has 2 aliphatic carbocycles. The molecule has 0 amide bonds. The summed E-state index contributed by atoms with van der Waals surface area (Å²) in [6.45, 7) is 4.63. The molecule has 33 heavy (non-hydrogen) atoms. The molecule has 4 N–H and O–H groups in total. The molecule has 0 bridgehead atoms. The maximum Gasteiger partial charge on any atom is 0.0550 e. The van der Waals surface area contributed by atoms with E-state index in [0.29, 0.717) is 5.41 Å². The zero-order valence-electron chi connectivity index (χ0n) is 16.8. The first kappa shape index (κ1) is 32.0. The number of nitrogens with two attached hydrogens (primary N) is 2. The van der Waals surface area contributed by atoms with Crippen LogP contribution in [0.25, 0.3) is 0 Å². The van der Waals surface area contributed by atoms with Crippen LogP contribution in [0.3, 0.4) is 0 Å². The lowest BCUT2D eigenvalue weighted by atomic mass is 9.85. The summed E-state index contributed by atoms with van der Waals surface area (Å²) in [5.41, 5.74) is 16.9. The standard InChI is InChI=1S/C13H18N2.S18/c1-12(2)7-13(3-4-13)9-6-11(15)10(14)5-8(9)12;1-3-5-7-9-11-13-15-17-18-16-14-12-10-8-6-4-2/h5-6H,3-4,7,14-15H2,1-2H3;. The molecule has 0 unspecified atom stereocenters. The predicted octanol–water partition coefficient (Wildman–Crippen LogP) is 2.52. The summed E-state index contributed by atoms with van der Waals surface area (Å²) in [4.78, 5) is 0. The Kier molecular flexibility index (Phi) is 16.9. The maximum absolute atomic E-state index is 5.91. The minimum Gasteiger partial charge on any atom is -0.397 e. The SMILES string of the molecule is CC1(C)CC2(CC2)c2cc(N)c(N)cc21.S=S=S=S=S=S=S=S=S=S=S=S=S=S=S=S=S=S. The second kappa shape index (κ2) is 17.4. The van der Waals surface area contributed by atoms with Gasteiger partial charge in [-0.1, -0.05) is 13.8 Å². The van der Waals surface area contributed by atoms with Crippen molar-refractivity contribution in [1.29, 1.82) is 0 Å². The van der Waals surface area contributed by atoms with Crippen LogP contribution in [0, 0.1) is 0 Å². The van der Waals surface area contributed by atoms with E-state index in [0.717, 1.165) is 11.4 Å². The van der Waals surface area contributed by atoms with Gasteiger partial charge in [0.2, 0.25) is 0 Å². The monoisotopic (exact) mass is 778 g/mol. The minimum atomic E-state index is 0.271. The van der Waals surface area contributed by atoms with E-state index in [2.05, 4.69) is 26.0 Å². The number of nitrogen functional groups attached to an aromatic ring is 2. The van der Waals surface area contributed by atoms with Crippen molar-refractivity contribution in [2.75, 3.05) is 11.5 Å². The van der Waals surface area contributed by atoms with Gasteiger partial charge in [0, 0.05) is 164 Å². The molecule has 0 aromatic heterocycles. The molecular weight excluding hydrogens is 761 g/mol. The van der Waals surface area contributed by atoms with Crippen molar-refractivity contribution >= 4 is 176 Å². The van der Waals surface area contributed by atoms with Gasteiger partial charge in [-0.05, 0) is 53.4 Å². The van der Waals surface area contributed by atoms with Crippen molar-refractivity contribution < 1.29 is 0 Å². The van der Waals surface area contributed by atoms with Crippen LogP contribution in [0.5, 0.6) is 0 Å². The number of hydrogen-bond donors (Lipinski definition) is 2. The number of anilines is 2. The summed E-state index contributed by atoms with van der Waals surface area (Å²) >= 11 is 9.49. The quantitative estimate of drug-likeness (QED) is 0.398. The van der Waals surface area contributed by atoms with Crippen molar-refractivity contribution in [2.24, 2.45) is 0 Å². The second-order valence-corrected chi connectivity index (χ2v) is 35.3. The lowest BCUT2D eigenvalue weighted by molar-refractivity contribution is 0.466. The molecule has 0 aliphatic heterocycles. The normalized spacial score (nSPS) is 15.0. The molecule has 1 saturated carbocycles. The van der Waals surface area contributed by atoms with Gasteiger partial charge in [-0.15, -0.1) is 0 Å². The number of rotatable bonds is 0. The van der Waals surface area contributed by atoms with E-state index in [1.54, 1.807) is 124 Å². The van der Waals surface area contributed by atoms with Gasteiger partial charge in [0.1, 0.15) is 0 Å². The maximum atomic E-state index is 5.91. The topological polar surface area (TPSA) is 52.0 Å². The van der Waals surface area contributed by atoms with Crippen LogP contribution in [-0.4, -0.2) is 0 Å². The Hall–Kier alpha value is 2.78. The van der Waals surface area contributed by atoms with E-state index in [4.69, 9.17) is 33.8 Å². The van der Waals surface area contributed by atoms with Gasteiger partial charge >= 0.3 is 0 Å². The summed E-state index contributed by atoms with van der Waals surface area (Å²) in [6, 6.07) is 4.21. The van der Waals surface area contributed by atoms with Crippen LogP contribution in [-0.2, 0) is 175 Å². The van der Waals surface area contributed by atoms with E-state index < -0.39 is 0 Å². The Morgan fingerprint density at radius 1 is 0.606 bits per heavy atom. The summed E-state index contributed by atoms with van der Waals surface area (Å²) < 4.78 is 0. The molecule has 3 rings (SSSR count). The summed E-state index contributed by atoms with van der Waals surface area (Å²) in [5, 5.41) is 0. The summed E-state index contributed by atoms with van der Waals surface area (Å²) in [6.07, 6.45) is 3.91. The highest BCUT2D eigenvalue weighted by atomic mass is 33.5. The zero-order valence-corrected chi connectivity index (χ0v) is 31.5. The van der Waals surface area contributed by atoms with E-state index in [1.165, 1.54) is 48.2 Å². The third-order valence-electron chi connectivity index (χ3n) is 4.57. The van der Waals surface area contributed by atoms with Gasteiger partial charge in [0.25, 0.3) is 0 Å². The van der Waals surface area contributed by atoms with Crippen LogP contribution in [0.15, 0.2) is 12.1 Å². The van der Waals surface area contributed by atoms with Gasteiger partial charge in [0.05, 0.1) is 11.4 Å². The van der Waals surface area contributed by atoms with Crippen LogP contribution in [0.4, 0.5) is 11.4 Å². The van der Waals surface area contributed by atoms with Crippen LogP contribution >= 0.6 is 0 Å². The number of fused-ring (bicyclic) bond motifs is 2. The lowest BCUT2D eigenvalue weighted by Crippen LogP contribution is -2.13. The predicted molar refractivity (Wildman–Crippen MR) is 196 cm³/mol. The second-order valence-electron chi connectivity index (χ2n) is 6.96. The molecular formula is C13H18N2S18. The Morgan fingerprint density at radius 3 is 1.27 bits per heavy atom. The van der Waals surface area contributed by atoms with E-state index in [9.17, 15) is 0 Å². The third kappa shape index (κ3) is 11.6. The largest absolute Gasteiger partial charge is 0.397 e. The van der Waals surface area contributed by atoms with Gasteiger partial charge < -0.3 is 11.5 Å². The average Bonchev–Trinajstić information content (AvgIpc) is 3.51. The van der Waals surface area contributed by atoms with Crippen LogP contribution < -0.4 is 11.5 Å². The Morgan fingerprint density at radius 2 is 0.939 bits per heavy atom. The molecule has 2 nitrogen and oxygen atoms in total. The molecule has 1 aromatic rings. The third-order valence-corrected chi connectivity index (χ3v) is 37.9. The highest BCUT2D eigenvalue weighted by Gasteiger charge is 2.54. The molecule has 188 valence electrons. The zero-order chi connectivity index (χ0) is 24.2. The molecule has 1 spiro atoms. The van der Waals surface area contributed by atoms with Crippen LogP contribution in [0.2, 0.25) is 0 Å². The number of benzene rings is 1. The van der Waals surface area contributed by atoms with Crippen molar-refractivity contribution in [3.05, 3.63) is 23.3 Å². The summed E-state index contributed by atoms with van der Waals surface area (Å²) in [7, 11) is 27.2. The van der Waals surface area contributed by atoms with Gasteiger partial charge in [-0.25, -0.2) is 0 Å². The average molecular weight is 780 g/mol. The molecule has 0 radical (unpaired) electrons. The fraction of sp³-hybridized carbons (Fsp3) is 0.538. The minimum absolute atomic E-state index is 0.271. The highest BCUT2D eigenvalue weighted by molar-refractivity contribution is 8.77. The first-order chi connectivity index (χ1) is 15.9. The van der Waals surface area contributed by atoms with E-state index in [-0.39, 0.29) is 5.41 Å². The van der Waals surface area contributed by atoms with Gasteiger partial charge in [0.15, 0.2) is 0 Å². The molecule has 1 fully saturated rings. The first-order valence-corrected chi connectivity index (χ1v) is 31.1. The van der Waals surface area contributed by atoms with Crippen molar-refractivity contribution in [2.45, 2.75) is 43.9 Å². The molecule has 20 heteroatoms. The van der Waals surface area contributed by atoms with Gasteiger partial charge in [-0.2, -0.15) is 0 Å². The first-order valence-electron chi connectivity index (χ1n) is 8.48. The Bertz CT molecular complexity index is 1500. The fourth-order valence-corrected chi connectivity index (χ4v) is 41.8. The smallest absolute Gasteiger partial charge is 0.0550 e. The van der Waals surface area contributed by atoms with Crippen molar-refractivity contribution in [3.8, 4) is 0 Å². The molecule has 0 saturated heterocycles. The fourth-order valence-electron chi connectivity index (χ4n) is 3.42. The molecule has 0 atom stereocenters. The van der Waals surface area contributed by atoms with E-state index >= 15 is 0 Å². The molecule has 0 heterocycles. The Balaban J connectivity index is 0.000000235.